The van der Waals surface area contributed by atoms with Gasteiger partial charge in [0.05, 0.1) is 5.02 Å². The number of halogens is 2. The third kappa shape index (κ3) is 11.9. The Hall–Kier alpha value is -2.85. The van der Waals surface area contributed by atoms with E-state index < -0.39 is 11.2 Å². The summed E-state index contributed by atoms with van der Waals surface area (Å²) in [5.41, 5.74) is 6.78. The van der Waals surface area contributed by atoms with Crippen LogP contribution in [0.15, 0.2) is 48.5 Å². The highest BCUT2D eigenvalue weighted by Gasteiger charge is 2.44. The summed E-state index contributed by atoms with van der Waals surface area (Å²) in [6.45, 7) is 15.5. The predicted molar refractivity (Wildman–Crippen MR) is 195 cm³/mol. The number of hydrogen-bond donors (Lipinski definition) is 2. The molecule has 3 N–H and O–H groups in total. The van der Waals surface area contributed by atoms with Crippen LogP contribution in [0, 0.1) is 23.7 Å². The molecule has 9 nitrogen and oxygen atoms in total. The summed E-state index contributed by atoms with van der Waals surface area (Å²) in [6.07, 6.45) is 4.76. The number of amides is 2. The van der Waals surface area contributed by atoms with Crippen LogP contribution in [0.25, 0.3) is 0 Å². The topological polar surface area (TPSA) is 114 Å². The molecule has 2 amide bonds. The van der Waals surface area contributed by atoms with E-state index in [0.29, 0.717) is 46.3 Å². The number of rotatable bonds is 4. The number of nitrogens with zero attached hydrogens (tertiary/aromatic N) is 2. The molecule has 0 aromatic heterocycles. The monoisotopic (exact) mass is 716 g/mol. The normalized spacial score (nSPS) is 25.7. The van der Waals surface area contributed by atoms with Crippen molar-refractivity contribution in [3.63, 3.8) is 0 Å². The van der Waals surface area contributed by atoms with E-state index in [1.54, 1.807) is 24.3 Å². The molecule has 11 heteroatoms. The number of aldehydes is 1. The smallest absolute Gasteiger partial charge is 0.410 e. The Kier molecular flexibility index (Phi) is 13.4. The van der Waals surface area contributed by atoms with E-state index in [0.717, 1.165) is 75.3 Å². The van der Waals surface area contributed by atoms with Crippen molar-refractivity contribution in [1.82, 2.24) is 15.1 Å². The van der Waals surface area contributed by atoms with Crippen LogP contribution in [0.1, 0.15) is 83.1 Å². The van der Waals surface area contributed by atoms with E-state index in [-0.39, 0.29) is 12.2 Å². The molecule has 2 saturated carbocycles. The molecule has 6 rings (SSSR count). The van der Waals surface area contributed by atoms with E-state index in [9.17, 15) is 14.4 Å². The maximum absolute atomic E-state index is 12.2. The van der Waals surface area contributed by atoms with Crippen molar-refractivity contribution in [2.45, 2.75) is 97.1 Å². The summed E-state index contributed by atoms with van der Waals surface area (Å²) in [4.78, 5) is 37.9. The summed E-state index contributed by atoms with van der Waals surface area (Å²) in [5, 5.41) is 4.96. The largest absolute Gasteiger partial charge is 0.444 e. The third-order valence-corrected chi connectivity index (χ3v) is 10.1. The quantitative estimate of drug-likeness (QED) is 0.310. The van der Waals surface area contributed by atoms with Crippen molar-refractivity contribution in [1.29, 1.82) is 0 Å². The van der Waals surface area contributed by atoms with Crippen LogP contribution in [-0.4, -0.2) is 77.7 Å². The molecule has 49 heavy (non-hydrogen) atoms. The first-order chi connectivity index (χ1) is 23.0. The Balaban J connectivity index is 0.000000185. The molecular formula is C38H54Cl2N4O5. The van der Waals surface area contributed by atoms with Crippen molar-refractivity contribution in [2.75, 3.05) is 26.2 Å². The number of hydrogen-bond acceptors (Lipinski definition) is 7. The molecule has 0 spiro atoms. The van der Waals surface area contributed by atoms with Gasteiger partial charge >= 0.3 is 12.2 Å². The molecular weight excluding hydrogens is 663 g/mol. The number of ether oxygens (including phenoxy) is 2. The van der Waals surface area contributed by atoms with Gasteiger partial charge in [-0.05, 0) is 109 Å². The van der Waals surface area contributed by atoms with Gasteiger partial charge in [-0.1, -0.05) is 59.6 Å². The van der Waals surface area contributed by atoms with Gasteiger partial charge in [0.1, 0.15) is 11.2 Å². The predicted octanol–water partition coefficient (Wildman–Crippen LogP) is 7.82. The van der Waals surface area contributed by atoms with Crippen molar-refractivity contribution in [3.05, 3.63) is 69.7 Å². The molecule has 0 radical (unpaired) electrons. The van der Waals surface area contributed by atoms with E-state index in [2.05, 4.69) is 11.4 Å². The van der Waals surface area contributed by atoms with Gasteiger partial charge in [-0.2, -0.15) is 0 Å². The molecule has 2 aromatic carbocycles. The lowest BCUT2D eigenvalue weighted by atomic mass is 10.0. The standard InChI is InChI=1S/C19H27ClN2O2.C12H22N2O2.C7H5ClO/c1-19(2,3)24-18(23)22-11-14-8-16(9-15(14)12-22)21-10-13-6-4-5-7-17(13)20;1-12(2,3)16-11(15)14-6-8-4-10(13)5-9(8)7-14;8-7-4-2-1-3-6(7)5-9/h4-7,14-16,21H,8-12H2,1-3H3;8-10H,4-7,13H2,1-3H3;1-5H/t14-,15+,16?;8-,9+,10?;. The maximum atomic E-state index is 12.2. The van der Waals surface area contributed by atoms with E-state index in [1.807, 2.05) is 69.5 Å². The number of benzene rings is 2. The van der Waals surface area contributed by atoms with Gasteiger partial charge in [-0.15, -0.1) is 0 Å². The van der Waals surface area contributed by atoms with Gasteiger partial charge in [0.25, 0.3) is 0 Å². The van der Waals surface area contributed by atoms with E-state index in [1.165, 1.54) is 0 Å². The molecule has 2 aliphatic heterocycles. The lowest BCUT2D eigenvalue weighted by molar-refractivity contribution is 0.0269. The summed E-state index contributed by atoms with van der Waals surface area (Å²) in [7, 11) is 0. The van der Waals surface area contributed by atoms with E-state index >= 15 is 0 Å². The van der Waals surface area contributed by atoms with Crippen LogP contribution in [-0.2, 0) is 16.0 Å². The molecule has 4 aliphatic rings. The highest BCUT2D eigenvalue weighted by atomic mass is 35.5. The fourth-order valence-electron chi connectivity index (χ4n) is 7.23. The number of nitrogens with two attached hydrogens (primary N) is 1. The second-order valence-electron chi connectivity index (χ2n) is 15.8. The second-order valence-corrected chi connectivity index (χ2v) is 16.6. The van der Waals surface area contributed by atoms with Crippen molar-refractivity contribution >= 4 is 41.7 Å². The van der Waals surface area contributed by atoms with Crippen LogP contribution in [0.3, 0.4) is 0 Å². The minimum Gasteiger partial charge on any atom is -0.444 e. The lowest BCUT2D eigenvalue weighted by Crippen LogP contribution is -2.37. The first-order valence-electron chi connectivity index (χ1n) is 17.4. The molecule has 2 heterocycles. The Morgan fingerprint density at radius 1 is 0.755 bits per heavy atom. The molecule has 2 unspecified atom stereocenters. The van der Waals surface area contributed by atoms with Gasteiger partial charge < -0.3 is 30.3 Å². The lowest BCUT2D eigenvalue weighted by Gasteiger charge is -2.25. The zero-order valence-corrected chi connectivity index (χ0v) is 31.3. The van der Waals surface area contributed by atoms with Crippen LogP contribution in [0.4, 0.5) is 9.59 Å². The molecule has 2 saturated heterocycles. The zero-order chi connectivity index (χ0) is 35.9. The Bertz CT molecular complexity index is 1400. The maximum Gasteiger partial charge on any atom is 0.410 e. The van der Waals surface area contributed by atoms with E-state index in [4.69, 9.17) is 38.4 Å². The number of carbonyl (C=O) groups excluding carboxylic acids is 3. The zero-order valence-electron chi connectivity index (χ0n) is 29.8. The Labute approximate surface area is 302 Å². The fourth-order valence-corrected chi connectivity index (χ4v) is 7.61. The van der Waals surface area contributed by atoms with Crippen LogP contribution in [0.2, 0.25) is 10.0 Å². The molecule has 2 aliphatic carbocycles. The van der Waals surface area contributed by atoms with Gasteiger partial charge in [0.2, 0.25) is 0 Å². The molecule has 6 atom stereocenters. The van der Waals surface area contributed by atoms with Gasteiger partial charge in [-0.3, -0.25) is 4.79 Å². The number of likely N-dealkylation sites (tertiary alicyclic amines) is 2. The van der Waals surface area contributed by atoms with Gasteiger partial charge in [0.15, 0.2) is 6.29 Å². The van der Waals surface area contributed by atoms with Gasteiger partial charge in [0, 0.05) is 55.4 Å². The molecule has 0 bridgehead atoms. The van der Waals surface area contributed by atoms with Crippen LogP contribution in [0.5, 0.6) is 0 Å². The fraction of sp³-hybridized carbons (Fsp3) is 0.605. The minimum absolute atomic E-state index is 0.169. The van der Waals surface area contributed by atoms with Crippen molar-refractivity contribution in [2.24, 2.45) is 29.4 Å². The minimum atomic E-state index is -0.423. The first-order valence-corrected chi connectivity index (χ1v) is 18.1. The first kappa shape index (κ1) is 38.9. The third-order valence-electron chi connectivity index (χ3n) is 9.41. The average Bonchev–Trinajstić information content (AvgIpc) is 3.76. The average molecular weight is 718 g/mol. The SMILES string of the molecule is CC(C)(C)OC(=O)N1C[C@H]2CC(N)C[C@H]2C1.CC(C)(C)OC(=O)N1C[C@H]2CC(NCc3ccccc3Cl)C[C@H]2C1.O=Cc1ccccc1Cl. The molecule has 4 fully saturated rings. The van der Waals surface area contributed by atoms with Gasteiger partial charge in [-0.25, -0.2) is 9.59 Å². The van der Waals surface area contributed by atoms with Crippen LogP contribution < -0.4 is 11.1 Å². The highest BCUT2D eigenvalue weighted by Crippen LogP contribution is 2.39. The van der Waals surface area contributed by atoms with Crippen molar-refractivity contribution in [3.8, 4) is 0 Å². The second kappa shape index (κ2) is 16.9. The summed E-state index contributed by atoms with van der Waals surface area (Å²) in [5.74, 6) is 2.37. The number of carbonyl (C=O) groups is 3. The highest BCUT2D eigenvalue weighted by molar-refractivity contribution is 6.32. The Morgan fingerprint density at radius 3 is 1.59 bits per heavy atom. The summed E-state index contributed by atoms with van der Waals surface area (Å²) < 4.78 is 10.9. The van der Waals surface area contributed by atoms with Crippen LogP contribution >= 0.6 is 23.2 Å². The summed E-state index contributed by atoms with van der Waals surface area (Å²) >= 11 is 11.8. The Morgan fingerprint density at radius 2 is 1.18 bits per heavy atom. The molecule has 270 valence electrons. The number of fused-ring (bicyclic) bond motifs is 2. The van der Waals surface area contributed by atoms with Crippen molar-refractivity contribution < 1.29 is 23.9 Å². The molecule has 2 aromatic rings. The summed E-state index contributed by atoms with van der Waals surface area (Å²) in [6, 6.07) is 15.7. The number of nitrogens with one attached hydrogen (secondary N) is 1.